The Hall–Kier alpha value is -4.11. The zero-order chi connectivity index (χ0) is 24.4. The van der Waals surface area contributed by atoms with E-state index in [2.05, 4.69) is 15.5 Å². The molecule has 0 aliphatic carbocycles. The van der Waals surface area contributed by atoms with Crippen molar-refractivity contribution in [1.29, 1.82) is 0 Å². The summed E-state index contributed by atoms with van der Waals surface area (Å²) < 4.78 is 44.1. The molecule has 9 heteroatoms. The Morgan fingerprint density at radius 2 is 1.86 bits per heavy atom. The number of carbonyl (C=O) groups is 1. The molecule has 5 rings (SSSR count). The highest BCUT2D eigenvalue weighted by Gasteiger charge is 2.28. The first-order chi connectivity index (χ1) is 16.9. The molecule has 7 nitrogen and oxygen atoms in total. The van der Waals surface area contributed by atoms with Gasteiger partial charge in [0.1, 0.15) is 23.7 Å². The number of carbonyl (C=O) groups excluding carboxylic acids is 1. The second kappa shape index (κ2) is 9.27. The summed E-state index contributed by atoms with van der Waals surface area (Å²) in [6.45, 7) is 0.302. The van der Waals surface area contributed by atoms with Gasteiger partial charge in [-0.05, 0) is 48.0 Å². The van der Waals surface area contributed by atoms with E-state index in [0.717, 1.165) is 28.6 Å². The fourth-order valence-corrected chi connectivity index (χ4v) is 5.35. The average molecular weight is 490 g/mol. The van der Waals surface area contributed by atoms with E-state index in [0.29, 0.717) is 23.6 Å². The van der Waals surface area contributed by atoms with Gasteiger partial charge in [0.2, 0.25) is 0 Å². The lowest BCUT2D eigenvalue weighted by Gasteiger charge is -2.18. The number of nitrogens with one attached hydrogen (secondary N) is 1. The number of aromatic nitrogens is 1. The van der Waals surface area contributed by atoms with Gasteiger partial charge in [0, 0.05) is 29.1 Å². The van der Waals surface area contributed by atoms with Gasteiger partial charge in [-0.2, -0.15) is 5.10 Å². The van der Waals surface area contributed by atoms with Crippen LogP contribution in [-0.2, 0) is 16.4 Å². The Morgan fingerprint density at radius 1 is 1.06 bits per heavy atom. The SMILES string of the molecule is O=C(NN=C1CCS(=O)(=O)c2ccc(F)cc21)c1ccc(COc2cccc3cccnc23)cc1. The minimum Gasteiger partial charge on any atom is -0.487 e. The molecule has 0 bridgehead atoms. The molecule has 0 saturated heterocycles. The maximum Gasteiger partial charge on any atom is 0.271 e. The number of ether oxygens (including phenoxy) is 1. The van der Waals surface area contributed by atoms with Crippen LogP contribution in [0, 0.1) is 5.82 Å². The van der Waals surface area contributed by atoms with Gasteiger partial charge in [-0.25, -0.2) is 18.2 Å². The van der Waals surface area contributed by atoms with Crippen molar-refractivity contribution < 1.29 is 22.3 Å². The van der Waals surface area contributed by atoms with Crippen molar-refractivity contribution in [2.45, 2.75) is 17.9 Å². The van der Waals surface area contributed by atoms with E-state index in [4.69, 9.17) is 4.74 Å². The summed E-state index contributed by atoms with van der Waals surface area (Å²) in [5.41, 5.74) is 4.95. The summed E-state index contributed by atoms with van der Waals surface area (Å²) in [5, 5.41) is 5.07. The number of halogens is 1. The lowest BCUT2D eigenvalue weighted by Crippen LogP contribution is -2.26. The van der Waals surface area contributed by atoms with Crippen molar-refractivity contribution in [2.75, 3.05) is 5.75 Å². The van der Waals surface area contributed by atoms with E-state index in [1.807, 2.05) is 30.3 Å². The van der Waals surface area contributed by atoms with Crippen molar-refractivity contribution in [2.24, 2.45) is 5.10 Å². The van der Waals surface area contributed by atoms with Gasteiger partial charge in [-0.3, -0.25) is 9.78 Å². The second-order valence-electron chi connectivity index (χ2n) is 8.03. The number of hydrazone groups is 1. The molecule has 4 aromatic rings. The molecule has 1 aromatic heterocycles. The summed E-state index contributed by atoms with van der Waals surface area (Å²) >= 11 is 0. The lowest BCUT2D eigenvalue weighted by molar-refractivity contribution is 0.0954. The third-order valence-corrected chi connectivity index (χ3v) is 7.46. The normalized spacial score (nSPS) is 15.5. The number of hydrogen-bond acceptors (Lipinski definition) is 6. The highest BCUT2D eigenvalue weighted by atomic mass is 32.2. The van der Waals surface area contributed by atoms with E-state index >= 15 is 0 Å². The number of sulfone groups is 1. The first kappa shape index (κ1) is 22.7. The van der Waals surface area contributed by atoms with Crippen molar-refractivity contribution >= 4 is 32.4 Å². The number of benzene rings is 3. The number of pyridine rings is 1. The van der Waals surface area contributed by atoms with Crippen molar-refractivity contribution in [3.8, 4) is 5.75 Å². The number of hydrogen-bond donors (Lipinski definition) is 1. The smallest absolute Gasteiger partial charge is 0.271 e. The Bertz CT molecular complexity index is 1560. The van der Waals surface area contributed by atoms with Crippen LogP contribution in [0.25, 0.3) is 10.9 Å². The zero-order valence-electron chi connectivity index (χ0n) is 18.4. The summed E-state index contributed by atoms with van der Waals surface area (Å²) in [7, 11) is -3.50. The maximum absolute atomic E-state index is 13.7. The van der Waals surface area contributed by atoms with Gasteiger partial charge in [0.15, 0.2) is 9.84 Å². The van der Waals surface area contributed by atoms with Crippen LogP contribution in [0.4, 0.5) is 4.39 Å². The Labute approximate surface area is 201 Å². The molecule has 0 spiro atoms. The van der Waals surface area contributed by atoms with Crippen LogP contribution in [0.5, 0.6) is 5.75 Å². The molecular formula is C26H20FN3O4S. The van der Waals surface area contributed by atoms with Crippen LogP contribution in [0.15, 0.2) is 89.0 Å². The monoisotopic (exact) mass is 489 g/mol. The fourth-order valence-electron chi connectivity index (χ4n) is 3.88. The van der Waals surface area contributed by atoms with Crippen molar-refractivity contribution in [1.82, 2.24) is 10.4 Å². The topological polar surface area (TPSA) is 97.7 Å². The predicted molar refractivity (Wildman–Crippen MR) is 130 cm³/mol. The molecule has 1 aliphatic rings. The molecule has 0 atom stereocenters. The van der Waals surface area contributed by atoms with Crippen LogP contribution in [0.1, 0.15) is 27.9 Å². The van der Waals surface area contributed by atoms with Crippen molar-refractivity contribution in [3.05, 3.63) is 102 Å². The number of nitrogens with zero attached hydrogens (tertiary/aromatic N) is 2. The highest BCUT2D eigenvalue weighted by molar-refractivity contribution is 7.91. The molecule has 1 aliphatic heterocycles. The Balaban J connectivity index is 1.27. The molecule has 0 unspecified atom stereocenters. The van der Waals surface area contributed by atoms with Crippen molar-refractivity contribution in [3.63, 3.8) is 0 Å². The van der Waals surface area contributed by atoms with E-state index in [-0.39, 0.29) is 22.6 Å². The first-order valence-electron chi connectivity index (χ1n) is 10.9. The van der Waals surface area contributed by atoms with Crippen LogP contribution < -0.4 is 10.2 Å². The number of rotatable bonds is 5. The van der Waals surface area contributed by atoms with Gasteiger partial charge >= 0.3 is 0 Å². The van der Waals surface area contributed by atoms with Crippen LogP contribution in [-0.4, -0.2) is 30.8 Å². The number of para-hydroxylation sites is 1. The molecular weight excluding hydrogens is 469 g/mol. The maximum atomic E-state index is 13.7. The molecule has 176 valence electrons. The Morgan fingerprint density at radius 3 is 2.69 bits per heavy atom. The average Bonchev–Trinajstić information content (AvgIpc) is 2.87. The summed E-state index contributed by atoms with van der Waals surface area (Å²) in [5.74, 6) is -0.514. The standard InChI is InChI=1S/C26H20FN3O4S/c27-20-10-11-24-21(15-20)22(12-14-35(24,32)33)29-30-26(31)19-8-6-17(7-9-19)16-34-23-5-1-3-18-4-2-13-28-25(18)23/h1-11,13,15H,12,14,16H2,(H,30,31). The molecule has 35 heavy (non-hydrogen) atoms. The summed E-state index contributed by atoms with van der Waals surface area (Å²) in [4.78, 5) is 17.0. The third-order valence-electron chi connectivity index (χ3n) is 5.69. The van der Waals surface area contributed by atoms with Gasteiger partial charge in [0.25, 0.3) is 5.91 Å². The molecule has 0 radical (unpaired) electrons. The molecule has 3 aromatic carbocycles. The second-order valence-corrected chi connectivity index (χ2v) is 10.1. The third kappa shape index (κ3) is 4.76. The van der Waals surface area contributed by atoms with Gasteiger partial charge in [0.05, 0.1) is 16.4 Å². The quantitative estimate of drug-likeness (QED) is 0.334. The van der Waals surface area contributed by atoms with Crippen LogP contribution in [0.2, 0.25) is 0 Å². The van der Waals surface area contributed by atoms with E-state index in [1.54, 1.807) is 30.5 Å². The number of fused-ring (bicyclic) bond motifs is 2. The van der Waals surface area contributed by atoms with Crippen LogP contribution >= 0.6 is 0 Å². The van der Waals surface area contributed by atoms with E-state index in [1.165, 1.54) is 6.07 Å². The summed E-state index contributed by atoms with van der Waals surface area (Å²) in [6.07, 6.45) is 1.80. The zero-order valence-corrected chi connectivity index (χ0v) is 19.3. The molecule has 1 amide bonds. The fraction of sp³-hybridized carbons (Fsp3) is 0.115. The minimum absolute atomic E-state index is 0.0175. The van der Waals surface area contributed by atoms with Gasteiger partial charge < -0.3 is 4.74 Å². The predicted octanol–water partition coefficient (Wildman–Crippen LogP) is 4.26. The molecule has 1 N–H and O–H groups in total. The van der Waals surface area contributed by atoms with Gasteiger partial charge in [-0.15, -0.1) is 0 Å². The molecule has 0 fully saturated rings. The van der Waals surface area contributed by atoms with E-state index in [9.17, 15) is 17.6 Å². The lowest BCUT2D eigenvalue weighted by atomic mass is 10.1. The largest absolute Gasteiger partial charge is 0.487 e. The minimum atomic E-state index is -3.50. The highest BCUT2D eigenvalue weighted by Crippen LogP contribution is 2.26. The molecule has 0 saturated carbocycles. The summed E-state index contributed by atoms with van der Waals surface area (Å²) in [6, 6.07) is 19.9. The van der Waals surface area contributed by atoms with Crippen LogP contribution in [0.3, 0.4) is 0 Å². The van der Waals surface area contributed by atoms with E-state index < -0.39 is 21.6 Å². The number of amides is 1. The first-order valence-corrected chi connectivity index (χ1v) is 12.5. The Kier molecular flexibility index (Phi) is 6.00. The molecule has 2 heterocycles. The van der Waals surface area contributed by atoms with Gasteiger partial charge in [-0.1, -0.05) is 30.3 Å².